The summed E-state index contributed by atoms with van der Waals surface area (Å²) in [6.07, 6.45) is 2.47. The van der Waals surface area contributed by atoms with Gasteiger partial charge in [0.15, 0.2) is 0 Å². The molecule has 2 nitrogen and oxygen atoms in total. The fourth-order valence-electron chi connectivity index (χ4n) is 2.45. The van der Waals surface area contributed by atoms with E-state index >= 15 is 0 Å². The van der Waals surface area contributed by atoms with Crippen molar-refractivity contribution in [1.82, 2.24) is 5.32 Å². The van der Waals surface area contributed by atoms with Crippen LogP contribution in [0, 0.1) is 5.92 Å². The van der Waals surface area contributed by atoms with Gasteiger partial charge in [0.05, 0.1) is 0 Å². The second kappa shape index (κ2) is 7.84. The first-order chi connectivity index (χ1) is 9.66. The van der Waals surface area contributed by atoms with Crippen molar-refractivity contribution < 1.29 is 13.5 Å². The highest BCUT2D eigenvalue weighted by Gasteiger charge is 2.17. The van der Waals surface area contributed by atoms with Gasteiger partial charge < -0.3 is 10.1 Å². The first kappa shape index (κ1) is 15.6. The maximum absolute atomic E-state index is 12.4. The summed E-state index contributed by atoms with van der Waals surface area (Å²) in [5, 5.41) is 3.45. The maximum atomic E-state index is 12.4. The Morgan fingerprint density at radius 3 is 2.70 bits per heavy atom. The minimum atomic E-state index is -2.78. The Morgan fingerprint density at radius 2 is 2.00 bits per heavy atom. The number of hydrogen-bond donors (Lipinski definition) is 1. The van der Waals surface area contributed by atoms with Crippen LogP contribution in [0.5, 0.6) is 5.75 Å². The van der Waals surface area contributed by atoms with E-state index in [1.165, 1.54) is 24.3 Å². The van der Waals surface area contributed by atoms with E-state index in [1.807, 2.05) is 30.8 Å². The number of benzene rings is 1. The van der Waals surface area contributed by atoms with Gasteiger partial charge in [-0.25, -0.2) is 0 Å². The Bertz CT molecular complexity index is 411. The van der Waals surface area contributed by atoms with E-state index in [0.717, 1.165) is 12.1 Å². The van der Waals surface area contributed by atoms with Crippen LogP contribution in [0.2, 0.25) is 0 Å². The summed E-state index contributed by atoms with van der Waals surface area (Å²) in [4.78, 5) is 0. The van der Waals surface area contributed by atoms with Crippen LogP contribution >= 0.6 is 11.8 Å². The number of rotatable bonds is 6. The van der Waals surface area contributed by atoms with Crippen LogP contribution in [0.15, 0.2) is 24.3 Å². The molecule has 0 bridgehead atoms. The van der Waals surface area contributed by atoms with Gasteiger partial charge in [0, 0.05) is 11.6 Å². The van der Waals surface area contributed by atoms with E-state index in [9.17, 15) is 8.78 Å². The van der Waals surface area contributed by atoms with Gasteiger partial charge in [0.2, 0.25) is 0 Å². The largest absolute Gasteiger partial charge is 0.434 e. The molecule has 5 heteroatoms. The molecule has 0 saturated carbocycles. The minimum absolute atomic E-state index is 0.0135. The molecular weight excluding hydrogens is 280 g/mol. The van der Waals surface area contributed by atoms with E-state index in [2.05, 4.69) is 10.1 Å². The average Bonchev–Trinajstić information content (AvgIpc) is 2.46. The predicted octanol–water partition coefficient (Wildman–Crippen LogP) is 4.08. The summed E-state index contributed by atoms with van der Waals surface area (Å²) < 4.78 is 29.4. The van der Waals surface area contributed by atoms with Gasteiger partial charge in [0.1, 0.15) is 5.75 Å². The lowest BCUT2D eigenvalue weighted by molar-refractivity contribution is -0.0506. The third kappa shape index (κ3) is 4.63. The number of thioether (sulfide) groups is 1. The van der Waals surface area contributed by atoms with E-state index in [1.54, 1.807) is 12.1 Å². The fourth-order valence-corrected chi connectivity index (χ4v) is 3.65. The summed E-state index contributed by atoms with van der Waals surface area (Å²) in [7, 11) is 0. The van der Waals surface area contributed by atoms with Gasteiger partial charge in [-0.05, 0) is 49.8 Å². The van der Waals surface area contributed by atoms with Gasteiger partial charge in [-0.1, -0.05) is 18.2 Å². The molecular formula is C15H21F2NOS. The molecule has 20 heavy (non-hydrogen) atoms. The Morgan fingerprint density at radius 1 is 1.30 bits per heavy atom. The van der Waals surface area contributed by atoms with Crippen molar-refractivity contribution in [3.05, 3.63) is 29.8 Å². The van der Waals surface area contributed by atoms with Crippen molar-refractivity contribution in [2.24, 2.45) is 5.92 Å². The smallest absolute Gasteiger partial charge is 0.387 e. The molecule has 1 atom stereocenters. The normalized spacial score (nSPS) is 18.2. The monoisotopic (exact) mass is 301 g/mol. The lowest BCUT2D eigenvalue weighted by Gasteiger charge is -2.24. The van der Waals surface area contributed by atoms with Crippen LogP contribution in [-0.4, -0.2) is 24.7 Å². The van der Waals surface area contributed by atoms with Gasteiger partial charge in [-0.15, -0.1) is 0 Å². The van der Waals surface area contributed by atoms with Gasteiger partial charge in [0.25, 0.3) is 0 Å². The minimum Gasteiger partial charge on any atom is -0.434 e. The van der Waals surface area contributed by atoms with Crippen molar-refractivity contribution in [2.45, 2.75) is 32.4 Å². The summed E-state index contributed by atoms with van der Waals surface area (Å²) in [6.45, 7) is 0.148. The van der Waals surface area contributed by atoms with Gasteiger partial charge in [-0.3, -0.25) is 0 Å². The van der Waals surface area contributed by atoms with Crippen molar-refractivity contribution in [3.63, 3.8) is 0 Å². The molecule has 112 valence electrons. The lowest BCUT2D eigenvalue weighted by Crippen LogP contribution is -2.28. The SMILES string of the molecule is CC(NCC1CCSCC1)c1ccccc1OC(F)F. The van der Waals surface area contributed by atoms with Crippen LogP contribution in [0.4, 0.5) is 8.78 Å². The van der Waals surface area contributed by atoms with Crippen LogP contribution in [0.3, 0.4) is 0 Å². The number of halogens is 2. The van der Waals surface area contributed by atoms with E-state index in [-0.39, 0.29) is 11.8 Å². The highest BCUT2D eigenvalue weighted by atomic mass is 32.2. The van der Waals surface area contributed by atoms with Crippen molar-refractivity contribution in [1.29, 1.82) is 0 Å². The van der Waals surface area contributed by atoms with Crippen LogP contribution in [-0.2, 0) is 0 Å². The lowest BCUT2D eigenvalue weighted by atomic mass is 10.0. The molecule has 1 saturated heterocycles. The number of hydrogen-bond acceptors (Lipinski definition) is 3. The number of alkyl halides is 2. The zero-order valence-corrected chi connectivity index (χ0v) is 12.5. The third-order valence-corrected chi connectivity index (χ3v) is 4.70. The summed E-state index contributed by atoms with van der Waals surface area (Å²) in [6, 6.07) is 7.01. The number of ether oxygens (including phenoxy) is 1. The standard InChI is InChI=1S/C15H21F2NOS/c1-11(18-10-12-6-8-20-9-7-12)13-4-2-3-5-14(13)19-15(16)17/h2-5,11-12,15,18H,6-10H2,1H3. The summed E-state index contributed by atoms with van der Waals surface area (Å²) >= 11 is 2.01. The maximum Gasteiger partial charge on any atom is 0.387 e. The van der Waals surface area contributed by atoms with E-state index in [0.29, 0.717) is 5.92 Å². The van der Waals surface area contributed by atoms with Crippen LogP contribution in [0.1, 0.15) is 31.4 Å². The van der Waals surface area contributed by atoms with Crippen molar-refractivity contribution >= 4 is 11.8 Å². The Balaban J connectivity index is 1.92. The van der Waals surface area contributed by atoms with Gasteiger partial charge in [-0.2, -0.15) is 20.5 Å². The van der Waals surface area contributed by atoms with Crippen LogP contribution in [0.25, 0.3) is 0 Å². The molecule has 1 aliphatic heterocycles. The Labute approximate surface area is 123 Å². The molecule has 1 aromatic carbocycles. The molecule has 0 spiro atoms. The number of nitrogens with one attached hydrogen (secondary N) is 1. The highest BCUT2D eigenvalue weighted by molar-refractivity contribution is 7.99. The molecule has 2 rings (SSSR count). The average molecular weight is 301 g/mol. The number of para-hydroxylation sites is 1. The molecule has 1 fully saturated rings. The van der Waals surface area contributed by atoms with Crippen molar-refractivity contribution in [2.75, 3.05) is 18.1 Å². The molecule has 0 radical (unpaired) electrons. The van der Waals surface area contributed by atoms with Gasteiger partial charge >= 0.3 is 6.61 Å². The predicted molar refractivity (Wildman–Crippen MR) is 79.5 cm³/mol. The zero-order valence-electron chi connectivity index (χ0n) is 11.6. The first-order valence-electron chi connectivity index (χ1n) is 7.01. The molecule has 1 aromatic rings. The first-order valence-corrected chi connectivity index (χ1v) is 8.17. The van der Waals surface area contributed by atoms with E-state index < -0.39 is 6.61 Å². The third-order valence-electron chi connectivity index (χ3n) is 3.66. The fraction of sp³-hybridized carbons (Fsp3) is 0.600. The second-order valence-electron chi connectivity index (χ2n) is 5.10. The Hall–Kier alpha value is -0.810. The highest BCUT2D eigenvalue weighted by Crippen LogP contribution is 2.27. The topological polar surface area (TPSA) is 21.3 Å². The molecule has 0 amide bonds. The van der Waals surface area contributed by atoms with Crippen molar-refractivity contribution in [3.8, 4) is 5.75 Å². The zero-order chi connectivity index (χ0) is 14.4. The molecule has 1 N–H and O–H groups in total. The second-order valence-corrected chi connectivity index (χ2v) is 6.33. The molecule has 1 heterocycles. The molecule has 1 aliphatic rings. The summed E-state index contributed by atoms with van der Waals surface area (Å²) in [5.41, 5.74) is 0.790. The quantitative estimate of drug-likeness (QED) is 0.855. The molecule has 0 aliphatic carbocycles. The summed E-state index contributed by atoms with van der Waals surface area (Å²) in [5.74, 6) is 3.42. The molecule has 0 aromatic heterocycles. The Kier molecular flexibility index (Phi) is 6.10. The van der Waals surface area contributed by atoms with E-state index in [4.69, 9.17) is 0 Å². The molecule has 1 unspecified atom stereocenters. The van der Waals surface area contributed by atoms with Crippen LogP contribution < -0.4 is 10.1 Å².